The number of esters is 1. The van der Waals surface area contributed by atoms with Gasteiger partial charge in [-0.15, -0.1) is 0 Å². The molecule has 1 aromatic carbocycles. The van der Waals surface area contributed by atoms with E-state index in [0.29, 0.717) is 12.2 Å². The first kappa shape index (κ1) is 19.4. The lowest BCUT2D eigenvalue weighted by molar-refractivity contribution is 0.0592. The molecule has 0 spiro atoms. The summed E-state index contributed by atoms with van der Waals surface area (Å²) in [5.41, 5.74) is 4.62. The van der Waals surface area contributed by atoms with Crippen molar-refractivity contribution in [1.82, 2.24) is 15.1 Å². The van der Waals surface area contributed by atoms with Crippen LogP contribution in [0.4, 0.5) is 5.69 Å². The molecule has 0 unspecified atom stereocenters. The molecule has 1 saturated heterocycles. The number of carbonyl (C=O) groups is 1. The van der Waals surface area contributed by atoms with Gasteiger partial charge in [-0.3, -0.25) is 10.00 Å². The van der Waals surface area contributed by atoms with Crippen molar-refractivity contribution >= 4 is 11.7 Å². The maximum atomic E-state index is 11.9. The van der Waals surface area contributed by atoms with Crippen LogP contribution < -0.4 is 5.32 Å². The van der Waals surface area contributed by atoms with Crippen LogP contribution in [0, 0.1) is 0 Å². The third kappa shape index (κ3) is 4.89. The lowest BCUT2D eigenvalue weighted by atomic mass is 10.00. The highest BCUT2D eigenvalue weighted by Crippen LogP contribution is 2.24. The number of hydrogen-bond donors (Lipinski definition) is 2. The minimum atomic E-state index is -0.398. The first-order valence-electron chi connectivity index (χ1n) is 9.79. The molecular weight excluding hydrogens is 340 g/mol. The number of aromatic nitrogens is 2. The summed E-state index contributed by atoms with van der Waals surface area (Å²) >= 11 is 0. The number of rotatable bonds is 7. The van der Waals surface area contributed by atoms with Gasteiger partial charge in [0, 0.05) is 17.8 Å². The standard InChI is InChI=1S/C21H30N4O2/c1-15(2)19-18(23-24-20(19)21(26)27-3)13-22-17-9-7-8-16(12-17)14-25-10-5-4-6-11-25/h7-9,12,15,22H,4-6,10-11,13-14H2,1-3H3,(H,23,24). The summed E-state index contributed by atoms with van der Waals surface area (Å²) < 4.78 is 4.84. The molecule has 146 valence electrons. The lowest BCUT2D eigenvalue weighted by Crippen LogP contribution is -2.29. The summed E-state index contributed by atoms with van der Waals surface area (Å²) in [4.78, 5) is 14.5. The average Bonchev–Trinajstić information content (AvgIpc) is 3.11. The Balaban J connectivity index is 1.67. The molecule has 1 aliphatic rings. The maximum absolute atomic E-state index is 11.9. The molecule has 1 fully saturated rings. The molecule has 6 nitrogen and oxygen atoms in total. The van der Waals surface area contributed by atoms with Crippen molar-refractivity contribution < 1.29 is 9.53 Å². The molecule has 0 saturated carbocycles. The predicted molar refractivity (Wildman–Crippen MR) is 107 cm³/mol. The first-order valence-corrected chi connectivity index (χ1v) is 9.79. The minimum absolute atomic E-state index is 0.181. The Morgan fingerprint density at radius 2 is 2.07 bits per heavy atom. The summed E-state index contributed by atoms with van der Waals surface area (Å²) in [6, 6.07) is 8.57. The van der Waals surface area contributed by atoms with Gasteiger partial charge in [-0.1, -0.05) is 32.4 Å². The van der Waals surface area contributed by atoms with E-state index in [2.05, 4.69) is 58.5 Å². The number of carbonyl (C=O) groups excluding carboxylic acids is 1. The third-order valence-corrected chi connectivity index (χ3v) is 5.09. The summed E-state index contributed by atoms with van der Waals surface area (Å²) in [6.45, 7) is 8.09. The van der Waals surface area contributed by atoms with E-state index < -0.39 is 5.97 Å². The number of methoxy groups -OCH3 is 1. The van der Waals surface area contributed by atoms with E-state index in [0.717, 1.165) is 23.5 Å². The molecule has 3 rings (SSSR count). The second kappa shape index (κ2) is 9.04. The van der Waals surface area contributed by atoms with E-state index >= 15 is 0 Å². The molecule has 1 aliphatic heterocycles. The van der Waals surface area contributed by atoms with E-state index in [1.165, 1.54) is 45.0 Å². The van der Waals surface area contributed by atoms with Crippen LogP contribution in [0.15, 0.2) is 24.3 Å². The van der Waals surface area contributed by atoms with Crippen molar-refractivity contribution in [3.63, 3.8) is 0 Å². The van der Waals surface area contributed by atoms with E-state index in [1.807, 2.05) is 0 Å². The zero-order chi connectivity index (χ0) is 19.2. The maximum Gasteiger partial charge on any atom is 0.358 e. The van der Waals surface area contributed by atoms with Gasteiger partial charge in [0.15, 0.2) is 5.69 Å². The second-order valence-corrected chi connectivity index (χ2v) is 7.50. The molecule has 2 heterocycles. The highest BCUT2D eigenvalue weighted by Gasteiger charge is 2.22. The topological polar surface area (TPSA) is 70.2 Å². The number of aromatic amines is 1. The van der Waals surface area contributed by atoms with Gasteiger partial charge in [0.1, 0.15) is 0 Å². The van der Waals surface area contributed by atoms with Crippen LogP contribution >= 0.6 is 0 Å². The molecule has 0 radical (unpaired) electrons. The minimum Gasteiger partial charge on any atom is -0.464 e. The van der Waals surface area contributed by atoms with Gasteiger partial charge in [0.25, 0.3) is 0 Å². The molecule has 0 aliphatic carbocycles. The summed E-state index contributed by atoms with van der Waals surface area (Å²) in [5, 5.41) is 10.6. The Kier molecular flexibility index (Phi) is 6.50. The van der Waals surface area contributed by atoms with E-state index in [9.17, 15) is 4.79 Å². The van der Waals surface area contributed by atoms with Gasteiger partial charge >= 0.3 is 5.97 Å². The Labute approximate surface area is 161 Å². The lowest BCUT2D eigenvalue weighted by Gasteiger charge is -2.26. The van der Waals surface area contributed by atoms with Crippen molar-refractivity contribution in [2.24, 2.45) is 0 Å². The van der Waals surface area contributed by atoms with Gasteiger partial charge in [0.2, 0.25) is 0 Å². The fraction of sp³-hybridized carbons (Fsp3) is 0.524. The van der Waals surface area contributed by atoms with Crippen LogP contribution in [0.25, 0.3) is 0 Å². The van der Waals surface area contributed by atoms with Crippen LogP contribution in [0.1, 0.15) is 66.3 Å². The molecule has 2 aromatic rings. The quantitative estimate of drug-likeness (QED) is 0.723. The van der Waals surface area contributed by atoms with Crippen LogP contribution in [0.3, 0.4) is 0 Å². The van der Waals surface area contributed by atoms with E-state index in [-0.39, 0.29) is 5.92 Å². The van der Waals surface area contributed by atoms with Crippen LogP contribution in [0.5, 0.6) is 0 Å². The second-order valence-electron chi connectivity index (χ2n) is 7.50. The van der Waals surface area contributed by atoms with Crippen molar-refractivity contribution in [2.75, 3.05) is 25.5 Å². The highest BCUT2D eigenvalue weighted by atomic mass is 16.5. The zero-order valence-electron chi connectivity index (χ0n) is 16.5. The van der Waals surface area contributed by atoms with Gasteiger partial charge in [-0.2, -0.15) is 5.10 Å². The molecule has 6 heteroatoms. The fourth-order valence-corrected chi connectivity index (χ4v) is 3.74. The summed E-state index contributed by atoms with van der Waals surface area (Å²) in [6.07, 6.45) is 3.96. The molecule has 1 aromatic heterocycles. The van der Waals surface area contributed by atoms with E-state index in [4.69, 9.17) is 4.74 Å². The number of nitrogens with one attached hydrogen (secondary N) is 2. The molecule has 0 amide bonds. The van der Waals surface area contributed by atoms with Gasteiger partial charge in [-0.05, 0) is 49.5 Å². The van der Waals surface area contributed by atoms with Crippen molar-refractivity contribution in [2.45, 2.75) is 52.1 Å². The number of anilines is 1. The number of nitrogens with zero attached hydrogens (tertiary/aromatic N) is 2. The average molecular weight is 370 g/mol. The molecular formula is C21H30N4O2. The zero-order valence-corrected chi connectivity index (χ0v) is 16.5. The summed E-state index contributed by atoms with van der Waals surface area (Å²) in [5.74, 6) is -0.218. The molecule has 27 heavy (non-hydrogen) atoms. The number of likely N-dealkylation sites (tertiary alicyclic amines) is 1. The smallest absolute Gasteiger partial charge is 0.358 e. The van der Waals surface area contributed by atoms with Crippen LogP contribution in [-0.2, 0) is 17.8 Å². The van der Waals surface area contributed by atoms with Gasteiger partial charge < -0.3 is 10.1 Å². The predicted octanol–water partition coefficient (Wildman–Crippen LogP) is 3.92. The number of H-pyrrole nitrogens is 1. The highest BCUT2D eigenvalue weighted by molar-refractivity contribution is 5.89. The van der Waals surface area contributed by atoms with Crippen molar-refractivity contribution in [3.8, 4) is 0 Å². The van der Waals surface area contributed by atoms with Crippen LogP contribution in [-0.4, -0.2) is 41.3 Å². The Morgan fingerprint density at radius 3 is 2.78 bits per heavy atom. The number of hydrogen-bond acceptors (Lipinski definition) is 5. The first-order chi connectivity index (χ1) is 13.1. The van der Waals surface area contributed by atoms with Crippen molar-refractivity contribution in [1.29, 1.82) is 0 Å². The number of benzene rings is 1. The SMILES string of the molecule is COC(=O)c1n[nH]c(CNc2cccc(CN3CCCCC3)c2)c1C(C)C. The Morgan fingerprint density at radius 1 is 1.30 bits per heavy atom. The largest absolute Gasteiger partial charge is 0.464 e. The molecule has 2 N–H and O–H groups in total. The Hall–Kier alpha value is -2.34. The van der Waals surface area contributed by atoms with Crippen LogP contribution in [0.2, 0.25) is 0 Å². The molecule has 0 bridgehead atoms. The normalized spacial score (nSPS) is 15.1. The number of ether oxygens (including phenoxy) is 1. The van der Waals surface area contributed by atoms with Crippen molar-refractivity contribution in [3.05, 3.63) is 46.8 Å². The van der Waals surface area contributed by atoms with E-state index in [1.54, 1.807) is 0 Å². The molecule has 0 atom stereocenters. The third-order valence-electron chi connectivity index (χ3n) is 5.09. The van der Waals surface area contributed by atoms with Gasteiger partial charge in [0.05, 0.1) is 19.3 Å². The Bertz CT molecular complexity index is 763. The summed E-state index contributed by atoms with van der Waals surface area (Å²) in [7, 11) is 1.38. The van der Waals surface area contributed by atoms with Gasteiger partial charge in [-0.25, -0.2) is 4.79 Å². The fourth-order valence-electron chi connectivity index (χ4n) is 3.74. The monoisotopic (exact) mass is 370 g/mol. The number of piperidine rings is 1.